The van der Waals surface area contributed by atoms with E-state index in [1.54, 1.807) is 0 Å². The average Bonchev–Trinajstić information content (AvgIpc) is 3.04. The number of carboxylic acid groups (broad SMARTS) is 1. The van der Waals surface area contributed by atoms with E-state index in [0.717, 1.165) is 35.1 Å². The molecule has 0 spiro atoms. The normalized spacial score (nSPS) is 15.9. The summed E-state index contributed by atoms with van der Waals surface area (Å²) in [5.74, 6) is -1.31. The maximum Gasteiger partial charge on any atom is 0.407 e. The van der Waals surface area contributed by atoms with Crippen LogP contribution in [0.15, 0.2) is 48.5 Å². The molecular weight excluding hydrogens is 396 g/mol. The quantitative estimate of drug-likeness (QED) is 0.606. The molecule has 2 amide bonds. The van der Waals surface area contributed by atoms with Gasteiger partial charge in [-0.15, -0.1) is 0 Å². The molecule has 0 heterocycles. The first-order valence-electron chi connectivity index (χ1n) is 10.6. The van der Waals surface area contributed by atoms with Crippen molar-refractivity contribution in [1.82, 2.24) is 10.6 Å². The number of carboxylic acids is 1. The minimum Gasteiger partial charge on any atom is -0.480 e. The molecule has 1 fully saturated rings. The second kappa shape index (κ2) is 9.20. The van der Waals surface area contributed by atoms with Crippen molar-refractivity contribution in [3.8, 4) is 11.1 Å². The van der Waals surface area contributed by atoms with E-state index < -0.39 is 24.0 Å². The average molecular weight is 422 g/mol. The summed E-state index contributed by atoms with van der Waals surface area (Å²) < 4.78 is 5.38. The standard InChI is InChI=1S/C24H26N2O5/c27-22(25-13-15-6-5-7-15)12-21(23(28)29)26-24(30)31-14-20-18-10-3-1-8-16(18)17-9-2-4-11-19(17)20/h1-4,8-11,15,20-21H,5-7,12-14H2,(H,25,27)(H,26,30)(H,28,29)/t21-/m0/s1. The molecule has 0 aliphatic heterocycles. The van der Waals surface area contributed by atoms with Crippen molar-refractivity contribution in [2.45, 2.75) is 37.6 Å². The van der Waals surface area contributed by atoms with Crippen molar-refractivity contribution in [1.29, 1.82) is 0 Å². The molecule has 1 atom stereocenters. The lowest BCUT2D eigenvalue weighted by Gasteiger charge is -2.25. The maximum absolute atomic E-state index is 12.3. The first-order valence-corrected chi connectivity index (χ1v) is 10.6. The summed E-state index contributed by atoms with van der Waals surface area (Å²) in [4.78, 5) is 35.9. The Morgan fingerprint density at radius 1 is 1.00 bits per heavy atom. The molecule has 162 valence electrons. The van der Waals surface area contributed by atoms with E-state index in [1.165, 1.54) is 6.42 Å². The third kappa shape index (κ3) is 4.71. The van der Waals surface area contributed by atoms with Gasteiger partial charge >= 0.3 is 12.1 Å². The molecule has 0 bridgehead atoms. The molecule has 4 rings (SSSR count). The van der Waals surface area contributed by atoms with Crippen molar-refractivity contribution >= 4 is 18.0 Å². The number of fused-ring (bicyclic) bond motifs is 3. The van der Waals surface area contributed by atoms with Crippen LogP contribution in [0, 0.1) is 5.92 Å². The molecule has 7 heteroatoms. The van der Waals surface area contributed by atoms with Crippen LogP contribution in [0.4, 0.5) is 4.79 Å². The van der Waals surface area contributed by atoms with E-state index in [1.807, 2.05) is 48.5 Å². The molecular formula is C24H26N2O5. The van der Waals surface area contributed by atoms with Crippen LogP contribution in [-0.4, -0.2) is 42.3 Å². The van der Waals surface area contributed by atoms with Gasteiger partial charge in [-0.05, 0) is 41.0 Å². The fourth-order valence-electron chi connectivity index (χ4n) is 4.20. The molecule has 2 aliphatic rings. The van der Waals surface area contributed by atoms with Gasteiger partial charge in [-0.25, -0.2) is 9.59 Å². The monoisotopic (exact) mass is 422 g/mol. The molecule has 2 aromatic carbocycles. The van der Waals surface area contributed by atoms with E-state index in [0.29, 0.717) is 12.5 Å². The molecule has 0 radical (unpaired) electrons. The van der Waals surface area contributed by atoms with E-state index in [-0.39, 0.29) is 18.9 Å². The predicted molar refractivity (Wildman–Crippen MR) is 115 cm³/mol. The highest BCUT2D eigenvalue weighted by Gasteiger charge is 2.30. The summed E-state index contributed by atoms with van der Waals surface area (Å²) in [7, 11) is 0. The summed E-state index contributed by atoms with van der Waals surface area (Å²) >= 11 is 0. The van der Waals surface area contributed by atoms with Crippen LogP contribution in [0.5, 0.6) is 0 Å². The fourth-order valence-corrected chi connectivity index (χ4v) is 4.20. The van der Waals surface area contributed by atoms with Gasteiger partial charge in [-0.2, -0.15) is 0 Å². The Balaban J connectivity index is 1.33. The first kappa shape index (κ1) is 20.9. The van der Waals surface area contributed by atoms with Crippen LogP contribution in [-0.2, 0) is 14.3 Å². The van der Waals surface area contributed by atoms with Gasteiger partial charge in [0.25, 0.3) is 0 Å². The summed E-state index contributed by atoms with van der Waals surface area (Å²) in [5.41, 5.74) is 4.36. The third-order valence-corrected chi connectivity index (χ3v) is 6.14. The number of benzene rings is 2. The number of ether oxygens (including phenoxy) is 1. The number of carbonyl (C=O) groups is 3. The van der Waals surface area contributed by atoms with Crippen molar-refractivity contribution in [3.05, 3.63) is 59.7 Å². The second-order valence-electron chi connectivity index (χ2n) is 8.17. The van der Waals surface area contributed by atoms with Gasteiger partial charge < -0.3 is 20.5 Å². The number of rotatable bonds is 8. The van der Waals surface area contributed by atoms with Gasteiger partial charge in [0.2, 0.25) is 5.91 Å². The number of hydrogen-bond donors (Lipinski definition) is 3. The summed E-state index contributed by atoms with van der Waals surface area (Å²) in [6.07, 6.45) is 2.16. The van der Waals surface area contributed by atoms with Crippen LogP contribution in [0.2, 0.25) is 0 Å². The Labute approximate surface area is 180 Å². The molecule has 3 N–H and O–H groups in total. The summed E-state index contributed by atoms with van der Waals surface area (Å²) in [6, 6.07) is 14.6. The Morgan fingerprint density at radius 2 is 1.61 bits per heavy atom. The highest BCUT2D eigenvalue weighted by molar-refractivity contribution is 5.87. The van der Waals surface area contributed by atoms with Crippen molar-refractivity contribution in [3.63, 3.8) is 0 Å². The topological polar surface area (TPSA) is 105 Å². The van der Waals surface area contributed by atoms with Gasteiger partial charge in [-0.3, -0.25) is 4.79 Å². The zero-order chi connectivity index (χ0) is 21.8. The van der Waals surface area contributed by atoms with Gasteiger partial charge in [0.15, 0.2) is 0 Å². The van der Waals surface area contributed by atoms with Gasteiger partial charge in [-0.1, -0.05) is 55.0 Å². The van der Waals surface area contributed by atoms with Crippen molar-refractivity contribution in [2.24, 2.45) is 5.92 Å². The minimum atomic E-state index is -1.34. The van der Waals surface area contributed by atoms with Gasteiger partial charge in [0.05, 0.1) is 6.42 Å². The zero-order valence-corrected chi connectivity index (χ0v) is 17.2. The Bertz CT molecular complexity index is 940. The molecule has 31 heavy (non-hydrogen) atoms. The SMILES string of the molecule is O=C(C[C@H](NC(=O)OCC1c2ccccc2-c2ccccc21)C(=O)O)NCC1CCC1. The number of aliphatic carboxylic acids is 1. The van der Waals surface area contributed by atoms with Gasteiger partial charge in [0, 0.05) is 12.5 Å². The number of carbonyl (C=O) groups excluding carboxylic acids is 2. The van der Waals surface area contributed by atoms with Crippen LogP contribution < -0.4 is 10.6 Å². The summed E-state index contributed by atoms with van der Waals surface area (Å²) in [5, 5.41) is 14.5. The van der Waals surface area contributed by atoms with Crippen LogP contribution in [0.25, 0.3) is 11.1 Å². The van der Waals surface area contributed by atoms with Crippen LogP contribution >= 0.6 is 0 Å². The van der Waals surface area contributed by atoms with Crippen molar-refractivity contribution in [2.75, 3.05) is 13.2 Å². The van der Waals surface area contributed by atoms with Crippen molar-refractivity contribution < 1.29 is 24.2 Å². The molecule has 2 aromatic rings. The van der Waals surface area contributed by atoms with E-state index in [9.17, 15) is 19.5 Å². The molecule has 1 saturated carbocycles. The summed E-state index contributed by atoms with van der Waals surface area (Å²) in [6.45, 7) is 0.635. The predicted octanol–water partition coefficient (Wildman–Crippen LogP) is 3.28. The molecule has 7 nitrogen and oxygen atoms in total. The minimum absolute atomic E-state index is 0.0834. The number of amides is 2. The molecule has 0 aromatic heterocycles. The lowest BCUT2D eigenvalue weighted by Crippen LogP contribution is -2.45. The van der Waals surface area contributed by atoms with Crippen LogP contribution in [0.3, 0.4) is 0 Å². The number of nitrogens with one attached hydrogen (secondary N) is 2. The molecule has 0 saturated heterocycles. The van der Waals surface area contributed by atoms with E-state index in [4.69, 9.17) is 4.74 Å². The Hall–Kier alpha value is -3.35. The highest BCUT2D eigenvalue weighted by atomic mass is 16.5. The zero-order valence-electron chi connectivity index (χ0n) is 17.2. The Kier molecular flexibility index (Phi) is 6.21. The first-order chi connectivity index (χ1) is 15.0. The fraction of sp³-hybridized carbons (Fsp3) is 0.375. The van der Waals surface area contributed by atoms with E-state index in [2.05, 4.69) is 10.6 Å². The smallest absolute Gasteiger partial charge is 0.407 e. The number of alkyl carbamates (subject to hydrolysis) is 1. The van der Waals surface area contributed by atoms with Crippen LogP contribution in [0.1, 0.15) is 42.7 Å². The Morgan fingerprint density at radius 3 is 2.16 bits per heavy atom. The van der Waals surface area contributed by atoms with Gasteiger partial charge in [0.1, 0.15) is 12.6 Å². The highest BCUT2D eigenvalue weighted by Crippen LogP contribution is 2.44. The largest absolute Gasteiger partial charge is 0.480 e. The third-order valence-electron chi connectivity index (χ3n) is 6.14. The number of hydrogen-bond acceptors (Lipinski definition) is 4. The van der Waals surface area contributed by atoms with E-state index >= 15 is 0 Å². The lowest BCUT2D eigenvalue weighted by molar-refractivity contribution is -0.141. The molecule has 0 unspecified atom stereocenters. The molecule has 2 aliphatic carbocycles. The lowest BCUT2D eigenvalue weighted by atomic mass is 9.85. The maximum atomic E-state index is 12.3. The second-order valence-corrected chi connectivity index (χ2v) is 8.17.